The van der Waals surface area contributed by atoms with Crippen LogP contribution >= 0.6 is 22.7 Å². The van der Waals surface area contributed by atoms with E-state index in [1.807, 2.05) is 48.5 Å². The lowest BCUT2D eigenvalue weighted by atomic mass is 9.95. The highest BCUT2D eigenvalue weighted by Gasteiger charge is 2.24. The maximum atomic E-state index is 17.0. The van der Waals surface area contributed by atoms with Crippen LogP contribution in [0.3, 0.4) is 0 Å². The molecule has 0 aliphatic carbocycles. The Balaban J connectivity index is 1.33. The first-order valence-corrected chi connectivity index (χ1v) is 16.9. The van der Waals surface area contributed by atoms with Crippen molar-refractivity contribution in [1.82, 2.24) is 0 Å². The van der Waals surface area contributed by atoms with Crippen LogP contribution in [0, 0.1) is 5.82 Å². The molecule has 0 bridgehead atoms. The third-order valence-electron chi connectivity index (χ3n) is 8.72. The Labute approximate surface area is 274 Å². The summed E-state index contributed by atoms with van der Waals surface area (Å²) < 4.78 is 21.9. The average molecular weight is 628 g/mol. The molecule has 0 spiro atoms. The van der Waals surface area contributed by atoms with Gasteiger partial charge in [0.2, 0.25) is 0 Å². The number of thiophene rings is 2. The Morgan fingerprint density at radius 1 is 0.391 bits per heavy atom. The molecule has 2 aromatic heterocycles. The molecule has 0 radical (unpaired) electrons. The summed E-state index contributed by atoms with van der Waals surface area (Å²) in [5.74, 6) is -0.270. The van der Waals surface area contributed by atoms with E-state index in [-0.39, 0.29) is 5.82 Å². The van der Waals surface area contributed by atoms with Crippen molar-refractivity contribution in [2.75, 3.05) is 4.90 Å². The quantitative estimate of drug-likeness (QED) is 0.183. The normalized spacial score (nSPS) is 11.6. The van der Waals surface area contributed by atoms with Gasteiger partial charge in [0, 0.05) is 57.3 Å². The van der Waals surface area contributed by atoms with E-state index in [0.29, 0.717) is 5.69 Å². The van der Waals surface area contributed by atoms with E-state index in [0.717, 1.165) is 33.6 Å². The van der Waals surface area contributed by atoms with Crippen LogP contribution in [-0.4, -0.2) is 0 Å². The van der Waals surface area contributed by atoms with Crippen molar-refractivity contribution in [2.24, 2.45) is 0 Å². The zero-order chi connectivity index (χ0) is 30.6. The van der Waals surface area contributed by atoms with E-state index < -0.39 is 0 Å². The summed E-state index contributed by atoms with van der Waals surface area (Å²) in [7, 11) is 0. The molecule has 0 saturated carbocycles. The standard InChI is InChI=1S/C42H26FNS2/c43-37-24-29(27-11-3-1-4-12-27)23-36(28-13-5-2-6-14-28)42(37)44(30-19-21-34-32-15-7-9-17-38(32)45-40(34)25-30)31-20-22-35-33-16-8-10-18-39(33)46-41(35)26-31/h1-26H. The van der Waals surface area contributed by atoms with Gasteiger partial charge in [-0.1, -0.05) is 109 Å². The third kappa shape index (κ3) is 4.49. The third-order valence-corrected chi connectivity index (χ3v) is 11.0. The highest BCUT2D eigenvalue weighted by molar-refractivity contribution is 7.26. The topological polar surface area (TPSA) is 3.24 Å². The van der Waals surface area contributed by atoms with Gasteiger partial charge in [-0.2, -0.15) is 0 Å². The lowest BCUT2D eigenvalue weighted by Gasteiger charge is -2.29. The van der Waals surface area contributed by atoms with E-state index in [1.54, 1.807) is 28.7 Å². The maximum Gasteiger partial charge on any atom is 0.148 e. The predicted octanol–water partition coefficient (Wildman–Crippen LogP) is 13.4. The molecule has 0 atom stereocenters. The number of benzene rings is 7. The first-order valence-electron chi connectivity index (χ1n) is 15.3. The first-order chi connectivity index (χ1) is 22.7. The van der Waals surface area contributed by atoms with Gasteiger partial charge in [-0.05, 0) is 65.2 Å². The number of halogens is 1. The van der Waals surface area contributed by atoms with Crippen molar-refractivity contribution in [1.29, 1.82) is 0 Å². The van der Waals surface area contributed by atoms with Gasteiger partial charge in [0.15, 0.2) is 0 Å². The van der Waals surface area contributed by atoms with Crippen LogP contribution in [0.25, 0.3) is 62.6 Å². The Hall–Kier alpha value is -5.29. The zero-order valence-corrected chi connectivity index (χ0v) is 26.3. The minimum atomic E-state index is -0.270. The molecular weight excluding hydrogens is 602 g/mol. The van der Waals surface area contributed by atoms with Crippen LogP contribution in [0.1, 0.15) is 0 Å². The molecule has 46 heavy (non-hydrogen) atoms. The average Bonchev–Trinajstić information content (AvgIpc) is 3.67. The second-order valence-electron chi connectivity index (χ2n) is 11.5. The summed E-state index contributed by atoms with van der Waals surface area (Å²) in [6, 6.07) is 54.1. The van der Waals surface area contributed by atoms with Crippen molar-refractivity contribution < 1.29 is 4.39 Å². The van der Waals surface area contributed by atoms with Crippen LogP contribution in [-0.2, 0) is 0 Å². The molecule has 218 valence electrons. The maximum absolute atomic E-state index is 17.0. The molecule has 0 aliphatic rings. The van der Waals surface area contributed by atoms with Gasteiger partial charge in [-0.15, -0.1) is 22.7 Å². The molecule has 0 fully saturated rings. The van der Waals surface area contributed by atoms with E-state index in [4.69, 9.17) is 0 Å². The van der Waals surface area contributed by atoms with Crippen molar-refractivity contribution >= 4 is 80.1 Å². The van der Waals surface area contributed by atoms with E-state index >= 15 is 4.39 Å². The largest absolute Gasteiger partial charge is 0.307 e. The fourth-order valence-corrected chi connectivity index (χ4v) is 8.85. The van der Waals surface area contributed by atoms with Crippen molar-refractivity contribution in [2.45, 2.75) is 0 Å². The zero-order valence-electron chi connectivity index (χ0n) is 24.7. The van der Waals surface area contributed by atoms with Gasteiger partial charge < -0.3 is 4.90 Å². The Morgan fingerprint density at radius 2 is 0.870 bits per heavy atom. The second-order valence-corrected chi connectivity index (χ2v) is 13.6. The molecule has 0 unspecified atom stereocenters. The lowest BCUT2D eigenvalue weighted by Crippen LogP contribution is -2.13. The van der Waals surface area contributed by atoms with Crippen molar-refractivity contribution in [3.05, 3.63) is 164 Å². The van der Waals surface area contributed by atoms with Gasteiger partial charge in [0.25, 0.3) is 0 Å². The van der Waals surface area contributed by atoms with Crippen molar-refractivity contribution in [3.63, 3.8) is 0 Å². The number of fused-ring (bicyclic) bond motifs is 6. The number of hydrogen-bond donors (Lipinski definition) is 0. The number of anilines is 3. The Kier molecular flexibility index (Phi) is 6.44. The van der Waals surface area contributed by atoms with Crippen LogP contribution in [0.5, 0.6) is 0 Å². The van der Waals surface area contributed by atoms with E-state index in [2.05, 4.69) is 108 Å². The van der Waals surface area contributed by atoms with E-state index in [1.165, 1.54) is 40.3 Å². The molecule has 0 saturated heterocycles. The second kappa shape index (κ2) is 11.0. The smallest absolute Gasteiger partial charge is 0.148 e. The molecule has 0 N–H and O–H groups in total. The molecule has 9 rings (SSSR count). The fourth-order valence-electron chi connectivity index (χ4n) is 6.58. The minimum Gasteiger partial charge on any atom is -0.307 e. The monoisotopic (exact) mass is 627 g/mol. The summed E-state index contributed by atoms with van der Waals surface area (Å²) in [5, 5.41) is 4.92. The Bertz CT molecular complexity index is 2430. The summed E-state index contributed by atoms with van der Waals surface area (Å²) in [6.07, 6.45) is 0. The van der Waals surface area contributed by atoms with Crippen LogP contribution in [0.4, 0.5) is 21.5 Å². The summed E-state index contributed by atoms with van der Waals surface area (Å²) in [6.45, 7) is 0. The van der Waals surface area contributed by atoms with Gasteiger partial charge in [-0.3, -0.25) is 0 Å². The molecule has 9 aromatic rings. The molecule has 2 heterocycles. The molecular formula is C42H26FNS2. The SMILES string of the molecule is Fc1cc(-c2ccccc2)cc(-c2ccccc2)c1N(c1ccc2c(c1)sc1ccccc12)c1ccc2c(c1)sc1ccccc12. The van der Waals surface area contributed by atoms with Crippen LogP contribution < -0.4 is 4.90 Å². The van der Waals surface area contributed by atoms with E-state index in [9.17, 15) is 0 Å². The molecule has 0 amide bonds. The fraction of sp³-hybridized carbons (Fsp3) is 0. The van der Waals surface area contributed by atoms with Gasteiger partial charge in [0.05, 0.1) is 5.69 Å². The molecule has 4 heteroatoms. The highest BCUT2D eigenvalue weighted by Crippen LogP contribution is 2.47. The van der Waals surface area contributed by atoms with Crippen molar-refractivity contribution in [3.8, 4) is 22.3 Å². The summed E-state index contributed by atoms with van der Waals surface area (Å²) >= 11 is 3.55. The highest BCUT2D eigenvalue weighted by atomic mass is 32.1. The molecule has 7 aromatic carbocycles. The molecule has 0 aliphatic heterocycles. The van der Waals surface area contributed by atoms with Crippen LogP contribution in [0.15, 0.2) is 158 Å². The van der Waals surface area contributed by atoms with Gasteiger partial charge >= 0.3 is 0 Å². The Morgan fingerprint density at radius 3 is 1.43 bits per heavy atom. The number of nitrogens with zero attached hydrogens (tertiary/aromatic N) is 1. The van der Waals surface area contributed by atoms with Gasteiger partial charge in [0.1, 0.15) is 5.82 Å². The summed E-state index contributed by atoms with van der Waals surface area (Å²) in [4.78, 5) is 2.11. The minimum absolute atomic E-state index is 0.270. The molecule has 1 nitrogen and oxygen atoms in total. The number of rotatable bonds is 5. The predicted molar refractivity (Wildman–Crippen MR) is 198 cm³/mol. The summed E-state index contributed by atoms with van der Waals surface area (Å²) in [5.41, 5.74) is 6.01. The van der Waals surface area contributed by atoms with Crippen LogP contribution in [0.2, 0.25) is 0 Å². The van der Waals surface area contributed by atoms with Gasteiger partial charge in [-0.25, -0.2) is 4.39 Å². The first kappa shape index (κ1) is 27.1. The number of hydrogen-bond acceptors (Lipinski definition) is 3. The lowest BCUT2D eigenvalue weighted by molar-refractivity contribution is 0.630.